The maximum Gasteiger partial charge on any atom is 0.289 e. The van der Waals surface area contributed by atoms with Gasteiger partial charge in [-0.1, -0.05) is 11.6 Å². The highest BCUT2D eigenvalue weighted by molar-refractivity contribution is 6.31. The minimum absolute atomic E-state index is 0.000766. The minimum atomic E-state index is -0.000766. The van der Waals surface area contributed by atoms with Gasteiger partial charge in [0.15, 0.2) is 5.76 Å². The number of rotatable bonds is 1. The quantitative estimate of drug-likeness (QED) is 0.877. The van der Waals surface area contributed by atoms with Crippen LogP contribution in [0.2, 0.25) is 5.02 Å². The molecule has 1 aromatic heterocycles. The number of nitrogens with one attached hydrogen (secondary N) is 1. The molecule has 2 aromatic rings. The number of carbonyl (C=O) groups excluding carboxylic acids is 1. The molecule has 4 rings (SSSR count). The first-order valence-corrected chi connectivity index (χ1v) is 8.23. The molecule has 2 aliphatic rings. The van der Waals surface area contributed by atoms with Crippen LogP contribution in [0.15, 0.2) is 22.6 Å². The Bertz CT molecular complexity index is 740. The Morgan fingerprint density at radius 1 is 1.32 bits per heavy atom. The molecule has 0 aliphatic carbocycles. The summed E-state index contributed by atoms with van der Waals surface area (Å²) in [5, 5.41) is 5.18. The predicted octanol–water partition coefficient (Wildman–Crippen LogP) is 3.36. The number of hydrogen-bond acceptors (Lipinski definition) is 3. The minimum Gasteiger partial charge on any atom is -0.451 e. The highest BCUT2D eigenvalue weighted by Gasteiger charge is 2.33. The van der Waals surface area contributed by atoms with Crippen molar-refractivity contribution >= 4 is 28.5 Å². The highest BCUT2D eigenvalue weighted by atomic mass is 35.5. The fraction of sp³-hybridized carbons (Fsp3) is 0.471. The number of amides is 1. The van der Waals surface area contributed by atoms with Crippen LogP contribution in [0.5, 0.6) is 0 Å². The Hall–Kier alpha value is -1.52. The molecule has 5 heteroatoms. The normalized spacial score (nSPS) is 24.7. The number of likely N-dealkylation sites (tertiary alicyclic amines) is 1. The van der Waals surface area contributed by atoms with E-state index in [1.165, 1.54) is 6.42 Å². The Morgan fingerprint density at radius 3 is 3.00 bits per heavy atom. The topological polar surface area (TPSA) is 45.5 Å². The average Bonchev–Trinajstić information content (AvgIpc) is 2.99. The fourth-order valence-electron chi connectivity index (χ4n) is 3.67. The van der Waals surface area contributed by atoms with Gasteiger partial charge in [0.1, 0.15) is 5.58 Å². The van der Waals surface area contributed by atoms with Crippen LogP contribution >= 0.6 is 11.6 Å². The summed E-state index contributed by atoms with van der Waals surface area (Å²) in [6, 6.07) is 6.47. The third-order valence-corrected chi connectivity index (χ3v) is 5.14. The number of hydrogen-bond donors (Lipinski definition) is 1. The van der Waals surface area contributed by atoms with Gasteiger partial charge >= 0.3 is 0 Å². The van der Waals surface area contributed by atoms with Crippen molar-refractivity contribution in [2.45, 2.75) is 38.3 Å². The first-order valence-electron chi connectivity index (χ1n) is 7.86. The van der Waals surface area contributed by atoms with E-state index < -0.39 is 0 Å². The van der Waals surface area contributed by atoms with Gasteiger partial charge in [0.25, 0.3) is 5.91 Å². The number of halogens is 1. The van der Waals surface area contributed by atoms with E-state index in [9.17, 15) is 4.79 Å². The average molecular weight is 319 g/mol. The number of nitrogens with zero attached hydrogens (tertiary/aromatic N) is 1. The lowest BCUT2D eigenvalue weighted by molar-refractivity contribution is 0.0717. The van der Waals surface area contributed by atoms with Crippen LogP contribution < -0.4 is 5.32 Å². The second-order valence-electron chi connectivity index (χ2n) is 6.37. The summed E-state index contributed by atoms with van der Waals surface area (Å²) in [7, 11) is 0. The van der Waals surface area contributed by atoms with E-state index in [1.807, 2.05) is 24.0 Å². The van der Waals surface area contributed by atoms with Crippen molar-refractivity contribution in [2.75, 3.05) is 13.1 Å². The largest absolute Gasteiger partial charge is 0.451 e. The number of furan rings is 1. The van der Waals surface area contributed by atoms with Crippen LogP contribution in [0.1, 0.15) is 35.4 Å². The second kappa shape index (κ2) is 5.28. The van der Waals surface area contributed by atoms with Crippen molar-refractivity contribution in [3.8, 4) is 0 Å². The van der Waals surface area contributed by atoms with Crippen molar-refractivity contribution in [1.82, 2.24) is 10.2 Å². The van der Waals surface area contributed by atoms with E-state index in [1.54, 1.807) is 6.07 Å². The second-order valence-corrected chi connectivity index (χ2v) is 6.81. The van der Waals surface area contributed by atoms with Gasteiger partial charge in [0, 0.05) is 41.1 Å². The van der Waals surface area contributed by atoms with E-state index in [0.29, 0.717) is 22.9 Å². The van der Waals surface area contributed by atoms with Crippen LogP contribution in [0.3, 0.4) is 0 Å². The van der Waals surface area contributed by atoms with Crippen LogP contribution in [-0.4, -0.2) is 36.0 Å². The lowest BCUT2D eigenvalue weighted by atomic mass is 10.1. The predicted molar refractivity (Wildman–Crippen MR) is 86.4 cm³/mol. The maximum atomic E-state index is 12.9. The molecule has 1 amide bonds. The molecule has 2 saturated heterocycles. The lowest BCUT2D eigenvalue weighted by Crippen LogP contribution is -2.39. The van der Waals surface area contributed by atoms with Crippen LogP contribution in [-0.2, 0) is 0 Å². The lowest BCUT2D eigenvalue weighted by Gasteiger charge is -2.23. The third kappa shape index (κ3) is 2.31. The van der Waals surface area contributed by atoms with Gasteiger partial charge in [-0.3, -0.25) is 4.79 Å². The molecule has 0 spiro atoms. The summed E-state index contributed by atoms with van der Waals surface area (Å²) in [5.41, 5.74) is 1.60. The Morgan fingerprint density at radius 2 is 2.14 bits per heavy atom. The molecule has 1 aromatic carbocycles. The van der Waals surface area contributed by atoms with Crippen LogP contribution in [0, 0.1) is 6.92 Å². The molecule has 116 valence electrons. The van der Waals surface area contributed by atoms with Gasteiger partial charge in [-0.05, 0) is 44.4 Å². The number of benzene rings is 1. The van der Waals surface area contributed by atoms with Crippen LogP contribution in [0.25, 0.3) is 11.0 Å². The summed E-state index contributed by atoms with van der Waals surface area (Å²) in [5.74, 6) is 0.453. The zero-order valence-corrected chi connectivity index (χ0v) is 13.3. The van der Waals surface area contributed by atoms with E-state index in [2.05, 4.69) is 5.32 Å². The van der Waals surface area contributed by atoms with E-state index in [-0.39, 0.29) is 5.91 Å². The van der Waals surface area contributed by atoms with Crippen molar-refractivity contribution in [1.29, 1.82) is 0 Å². The summed E-state index contributed by atoms with van der Waals surface area (Å²) in [6.45, 7) is 3.49. The third-order valence-electron chi connectivity index (χ3n) is 4.90. The summed E-state index contributed by atoms with van der Waals surface area (Å²) in [4.78, 5) is 14.8. The molecule has 2 bridgehead atoms. The zero-order chi connectivity index (χ0) is 15.3. The Kier molecular flexibility index (Phi) is 3.39. The summed E-state index contributed by atoms with van der Waals surface area (Å²) in [6.07, 6.45) is 3.41. The van der Waals surface area contributed by atoms with Crippen LogP contribution in [0.4, 0.5) is 0 Å². The van der Waals surface area contributed by atoms with Crippen molar-refractivity contribution < 1.29 is 9.21 Å². The van der Waals surface area contributed by atoms with E-state index in [0.717, 1.165) is 42.5 Å². The van der Waals surface area contributed by atoms with Crippen molar-refractivity contribution in [3.05, 3.63) is 34.5 Å². The Balaban J connectivity index is 1.66. The Labute approximate surface area is 134 Å². The standard InChI is InChI=1S/C17H19ClN2O2/c1-10-14-8-11(18)2-5-15(14)22-16(10)17(21)20-7-6-12-3-4-13(9-20)19-12/h2,5,8,12-13,19H,3-4,6-7,9H2,1H3. The molecule has 0 saturated carbocycles. The molecule has 2 aliphatic heterocycles. The van der Waals surface area contributed by atoms with E-state index in [4.69, 9.17) is 16.0 Å². The van der Waals surface area contributed by atoms with Gasteiger partial charge < -0.3 is 14.6 Å². The van der Waals surface area contributed by atoms with Gasteiger partial charge in [-0.2, -0.15) is 0 Å². The number of fused-ring (bicyclic) bond motifs is 3. The van der Waals surface area contributed by atoms with Crippen molar-refractivity contribution in [3.63, 3.8) is 0 Å². The number of aryl methyl sites for hydroxylation is 1. The molecular formula is C17H19ClN2O2. The molecular weight excluding hydrogens is 300 g/mol. The van der Waals surface area contributed by atoms with E-state index >= 15 is 0 Å². The first-order chi connectivity index (χ1) is 10.6. The number of carbonyl (C=O) groups is 1. The SMILES string of the molecule is Cc1c(C(=O)N2CCC3CCC(C2)N3)oc2ccc(Cl)cc12. The van der Waals surface area contributed by atoms with Gasteiger partial charge in [0.05, 0.1) is 0 Å². The zero-order valence-electron chi connectivity index (χ0n) is 12.6. The molecule has 2 unspecified atom stereocenters. The molecule has 22 heavy (non-hydrogen) atoms. The molecule has 2 atom stereocenters. The molecule has 0 radical (unpaired) electrons. The highest BCUT2D eigenvalue weighted by Crippen LogP contribution is 2.29. The molecule has 3 heterocycles. The van der Waals surface area contributed by atoms with Gasteiger partial charge in [0.2, 0.25) is 0 Å². The van der Waals surface area contributed by atoms with Gasteiger partial charge in [-0.25, -0.2) is 0 Å². The summed E-state index contributed by atoms with van der Waals surface area (Å²) >= 11 is 6.05. The fourth-order valence-corrected chi connectivity index (χ4v) is 3.84. The first kappa shape index (κ1) is 14.1. The van der Waals surface area contributed by atoms with Gasteiger partial charge in [-0.15, -0.1) is 0 Å². The molecule has 4 nitrogen and oxygen atoms in total. The summed E-state index contributed by atoms with van der Waals surface area (Å²) < 4.78 is 5.82. The van der Waals surface area contributed by atoms with Crippen molar-refractivity contribution in [2.24, 2.45) is 0 Å². The molecule has 1 N–H and O–H groups in total. The monoisotopic (exact) mass is 318 g/mol. The maximum absolute atomic E-state index is 12.9. The smallest absolute Gasteiger partial charge is 0.289 e. The molecule has 2 fully saturated rings.